The van der Waals surface area contributed by atoms with E-state index in [1.54, 1.807) is 19.1 Å². The van der Waals surface area contributed by atoms with Gasteiger partial charge in [-0.1, -0.05) is 36.4 Å². The highest BCUT2D eigenvalue weighted by Crippen LogP contribution is 2.23. The fourth-order valence-corrected chi connectivity index (χ4v) is 2.16. The molecule has 0 spiro atoms. The van der Waals surface area contributed by atoms with Crippen molar-refractivity contribution >= 4 is 39.3 Å². The molecule has 0 unspecified atom stereocenters. The molecule has 0 radical (unpaired) electrons. The lowest BCUT2D eigenvalue weighted by atomic mass is 10.1. The standard InChI is InChI=1S/C16H13BrN2O3/c1-11-7-8-13(19(21)22)10-15(11)18-16(20)14(17)9-12-5-3-2-4-6-12/h2-10H,1H3,(H,18,20)/b14-9-. The molecule has 1 amide bonds. The molecular weight excluding hydrogens is 348 g/mol. The number of nitro groups is 1. The second kappa shape index (κ2) is 7.00. The van der Waals surface area contributed by atoms with Crippen molar-refractivity contribution in [1.82, 2.24) is 0 Å². The summed E-state index contributed by atoms with van der Waals surface area (Å²) >= 11 is 3.22. The first-order valence-electron chi connectivity index (χ1n) is 6.46. The van der Waals surface area contributed by atoms with E-state index in [0.29, 0.717) is 10.2 Å². The summed E-state index contributed by atoms with van der Waals surface area (Å²) in [7, 11) is 0. The smallest absolute Gasteiger partial charge is 0.271 e. The average molecular weight is 361 g/mol. The fraction of sp³-hybridized carbons (Fsp3) is 0.0625. The molecule has 0 aliphatic carbocycles. The van der Waals surface area contributed by atoms with Gasteiger partial charge in [-0.15, -0.1) is 0 Å². The second-order valence-corrected chi connectivity index (χ2v) is 5.47. The Morgan fingerprint density at radius 2 is 1.91 bits per heavy atom. The SMILES string of the molecule is Cc1ccc([N+](=O)[O-])cc1NC(=O)/C(Br)=C/c1ccccc1. The van der Waals surface area contributed by atoms with Crippen LogP contribution in [0.3, 0.4) is 0 Å². The van der Waals surface area contributed by atoms with Crippen LogP contribution >= 0.6 is 15.9 Å². The van der Waals surface area contributed by atoms with Gasteiger partial charge in [0.05, 0.1) is 15.1 Å². The van der Waals surface area contributed by atoms with E-state index >= 15 is 0 Å². The molecule has 112 valence electrons. The van der Waals surface area contributed by atoms with Crippen LogP contribution in [0.25, 0.3) is 6.08 Å². The van der Waals surface area contributed by atoms with Gasteiger partial charge in [0, 0.05) is 12.1 Å². The Morgan fingerprint density at radius 1 is 1.23 bits per heavy atom. The summed E-state index contributed by atoms with van der Waals surface area (Å²) in [6.07, 6.45) is 1.68. The number of aryl methyl sites for hydroxylation is 1. The van der Waals surface area contributed by atoms with E-state index in [4.69, 9.17) is 0 Å². The molecule has 6 heteroatoms. The van der Waals surface area contributed by atoms with Crippen LogP contribution in [0, 0.1) is 17.0 Å². The van der Waals surface area contributed by atoms with Crippen molar-refractivity contribution in [2.24, 2.45) is 0 Å². The highest BCUT2D eigenvalue weighted by molar-refractivity contribution is 9.12. The average Bonchev–Trinajstić information content (AvgIpc) is 2.50. The van der Waals surface area contributed by atoms with E-state index in [1.807, 2.05) is 30.3 Å². The highest BCUT2D eigenvalue weighted by atomic mass is 79.9. The van der Waals surface area contributed by atoms with Gasteiger partial charge >= 0.3 is 0 Å². The van der Waals surface area contributed by atoms with Crippen LogP contribution in [-0.2, 0) is 4.79 Å². The van der Waals surface area contributed by atoms with Crippen LogP contribution in [0.1, 0.15) is 11.1 Å². The zero-order valence-corrected chi connectivity index (χ0v) is 13.3. The van der Waals surface area contributed by atoms with E-state index < -0.39 is 4.92 Å². The number of carbonyl (C=O) groups is 1. The highest BCUT2D eigenvalue weighted by Gasteiger charge is 2.12. The van der Waals surface area contributed by atoms with Crippen molar-refractivity contribution in [3.05, 3.63) is 74.3 Å². The molecule has 0 aliphatic rings. The third-order valence-corrected chi connectivity index (χ3v) is 3.58. The molecule has 1 N–H and O–H groups in total. The first-order valence-corrected chi connectivity index (χ1v) is 7.25. The molecule has 0 fully saturated rings. The Labute approximate surface area is 135 Å². The summed E-state index contributed by atoms with van der Waals surface area (Å²) in [6, 6.07) is 13.7. The Morgan fingerprint density at radius 3 is 2.55 bits per heavy atom. The number of carbonyl (C=O) groups excluding carboxylic acids is 1. The van der Waals surface area contributed by atoms with E-state index in [1.165, 1.54) is 12.1 Å². The van der Waals surface area contributed by atoms with Crippen LogP contribution in [-0.4, -0.2) is 10.8 Å². The number of rotatable bonds is 4. The number of benzene rings is 2. The van der Waals surface area contributed by atoms with E-state index in [2.05, 4.69) is 21.2 Å². The third kappa shape index (κ3) is 4.02. The molecule has 0 bridgehead atoms. The van der Waals surface area contributed by atoms with Crippen molar-refractivity contribution in [2.45, 2.75) is 6.92 Å². The third-order valence-electron chi connectivity index (χ3n) is 2.99. The van der Waals surface area contributed by atoms with Crippen LogP contribution in [0.4, 0.5) is 11.4 Å². The summed E-state index contributed by atoms with van der Waals surface area (Å²) in [4.78, 5) is 22.5. The lowest BCUT2D eigenvalue weighted by Gasteiger charge is -2.08. The summed E-state index contributed by atoms with van der Waals surface area (Å²) in [5.41, 5.74) is 1.97. The van der Waals surface area contributed by atoms with E-state index in [9.17, 15) is 14.9 Å². The van der Waals surface area contributed by atoms with E-state index in [-0.39, 0.29) is 11.6 Å². The minimum atomic E-state index is -0.496. The maximum atomic E-state index is 12.2. The number of non-ortho nitro benzene ring substituents is 1. The Hall–Kier alpha value is -2.47. The van der Waals surface area contributed by atoms with Crippen LogP contribution in [0.2, 0.25) is 0 Å². The molecule has 5 nitrogen and oxygen atoms in total. The van der Waals surface area contributed by atoms with Crippen molar-refractivity contribution in [1.29, 1.82) is 0 Å². The summed E-state index contributed by atoms with van der Waals surface area (Å²) in [5.74, 6) is -0.368. The lowest BCUT2D eigenvalue weighted by molar-refractivity contribution is -0.384. The predicted molar refractivity (Wildman–Crippen MR) is 89.8 cm³/mol. The fourth-order valence-electron chi connectivity index (χ4n) is 1.80. The normalized spacial score (nSPS) is 11.1. The van der Waals surface area contributed by atoms with Crippen molar-refractivity contribution in [2.75, 3.05) is 5.32 Å². The zero-order chi connectivity index (χ0) is 16.1. The Balaban J connectivity index is 2.20. The quantitative estimate of drug-likeness (QED) is 0.502. The first-order chi connectivity index (χ1) is 10.5. The van der Waals surface area contributed by atoms with Gasteiger partial charge in [-0.3, -0.25) is 14.9 Å². The van der Waals surface area contributed by atoms with Crippen LogP contribution < -0.4 is 5.32 Å². The van der Waals surface area contributed by atoms with Gasteiger partial charge in [0.1, 0.15) is 0 Å². The maximum Gasteiger partial charge on any atom is 0.271 e. The molecule has 2 rings (SSSR count). The molecule has 2 aromatic carbocycles. The topological polar surface area (TPSA) is 72.2 Å². The number of nitrogens with zero attached hydrogens (tertiary/aromatic N) is 1. The molecular formula is C16H13BrN2O3. The minimum absolute atomic E-state index is 0.0657. The largest absolute Gasteiger partial charge is 0.321 e. The number of nitrogens with one attached hydrogen (secondary N) is 1. The summed E-state index contributed by atoms with van der Waals surface area (Å²) in [5, 5.41) is 13.5. The maximum absolute atomic E-state index is 12.2. The molecule has 2 aromatic rings. The minimum Gasteiger partial charge on any atom is -0.321 e. The number of halogens is 1. The van der Waals surface area contributed by atoms with Crippen LogP contribution in [0.5, 0.6) is 0 Å². The van der Waals surface area contributed by atoms with Gasteiger partial charge in [0.25, 0.3) is 11.6 Å². The number of hydrogen-bond acceptors (Lipinski definition) is 3. The zero-order valence-electron chi connectivity index (χ0n) is 11.7. The van der Waals surface area contributed by atoms with Gasteiger partial charge in [-0.05, 0) is 40.1 Å². The Kier molecular flexibility index (Phi) is 5.06. The van der Waals surface area contributed by atoms with Crippen LogP contribution in [0.15, 0.2) is 53.0 Å². The predicted octanol–water partition coefficient (Wildman–Crippen LogP) is 4.28. The molecule has 0 atom stereocenters. The number of hydrogen-bond donors (Lipinski definition) is 1. The molecule has 0 aromatic heterocycles. The molecule has 0 saturated heterocycles. The molecule has 0 heterocycles. The molecule has 0 saturated carbocycles. The van der Waals surface area contributed by atoms with Crippen molar-refractivity contribution in [3.8, 4) is 0 Å². The van der Waals surface area contributed by atoms with E-state index in [0.717, 1.165) is 11.1 Å². The number of anilines is 1. The second-order valence-electron chi connectivity index (χ2n) is 4.61. The van der Waals surface area contributed by atoms with Gasteiger partial charge in [0.15, 0.2) is 0 Å². The van der Waals surface area contributed by atoms with Gasteiger partial charge in [-0.2, -0.15) is 0 Å². The van der Waals surface area contributed by atoms with Crippen molar-refractivity contribution in [3.63, 3.8) is 0 Å². The lowest BCUT2D eigenvalue weighted by Crippen LogP contribution is -2.12. The summed E-state index contributed by atoms with van der Waals surface area (Å²) < 4.78 is 0.338. The summed E-state index contributed by atoms with van der Waals surface area (Å²) in [6.45, 7) is 1.77. The molecule has 22 heavy (non-hydrogen) atoms. The van der Waals surface area contributed by atoms with Gasteiger partial charge < -0.3 is 5.32 Å². The molecule has 0 aliphatic heterocycles. The first kappa shape index (κ1) is 15.9. The Bertz CT molecular complexity index is 742. The number of amides is 1. The van der Waals surface area contributed by atoms with Gasteiger partial charge in [0.2, 0.25) is 0 Å². The van der Waals surface area contributed by atoms with Crippen molar-refractivity contribution < 1.29 is 9.72 Å². The monoisotopic (exact) mass is 360 g/mol. The van der Waals surface area contributed by atoms with Gasteiger partial charge in [-0.25, -0.2) is 0 Å². The number of nitro benzene ring substituents is 1.